The minimum absolute atomic E-state index is 0.216. The largest absolute Gasteiger partial charge is 0.368 e. The van der Waals surface area contributed by atoms with Crippen LogP contribution in [0.1, 0.15) is 50.1 Å². The van der Waals surface area contributed by atoms with Gasteiger partial charge in [-0.15, -0.1) is 0 Å². The van der Waals surface area contributed by atoms with E-state index in [-0.39, 0.29) is 59.5 Å². The summed E-state index contributed by atoms with van der Waals surface area (Å²) in [5.41, 5.74) is 8.85. The van der Waals surface area contributed by atoms with Crippen LogP contribution < -0.4 is 15.9 Å². The fraction of sp³-hybridized carbons (Fsp3) is 0.255. The summed E-state index contributed by atoms with van der Waals surface area (Å²) < 4.78 is 95.9. The van der Waals surface area contributed by atoms with Crippen LogP contribution in [0.4, 0.5) is 0 Å². The molecular weight excluding hydrogens is 1460 g/mol. The lowest BCUT2D eigenvalue weighted by molar-refractivity contribution is -0.309. The summed E-state index contributed by atoms with van der Waals surface area (Å²) in [6.45, 7) is 2.20. The summed E-state index contributed by atoms with van der Waals surface area (Å²) in [5.74, 6) is 0. The second kappa shape index (κ2) is 42.2. The van der Waals surface area contributed by atoms with Crippen LogP contribution in [0, 0.1) is 0 Å². The molecule has 592 valence electrons. The Morgan fingerprint density at radius 1 is 0.216 bits per heavy atom. The molecule has 116 heavy (non-hydrogen) atoms. The third-order valence-electron chi connectivity index (χ3n) is 21.6. The maximum absolute atomic E-state index is 8.12. The zero-order valence-corrected chi connectivity index (χ0v) is 66.3. The fourth-order valence-corrected chi connectivity index (χ4v) is 20.2. The van der Waals surface area contributed by atoms with Crippen molar-refractivity contribution in [1.82, 2.24) is 0 Å². The first kappa shape index (κ1) is 81.2. The molecule has 0 saturated carbocycles. The molecule has 15 rings (SSSR count). The van der Waals surface area contributed by atoms with Crippen molar-refractivity contribution in [1.29, 1.82) is 0 Å². The Morgan fingerprint density at radius 3 is 0.655 bits per heavy atom. The van der Waals surface area contributed by atoms with E-state index >= 15 is 0 Å². The summed E-state index contributed by atoms with van der Waals surface area (Å²) in [6.07, 6.45) is -3.06. The second-order valence-electron chi connectivity index (χ2n) is 29.5. The molecule has 15 atom stereocenters. The van der Waals surface area contributed by atoms with Crippen molar-refractivity contribution in [2.24, 2.45) is 0 Å². The lowest BCUT2D eigenvalue weighted by atomic mass is 9.90. The number of rotatable bonds is 37. The van der Waals surface area contributed by atoms with Gasteiger partial charge in [-0.3, -0.25) is 0 Å². The van der Waals surface area contributed by atoms with Gasteiger partial charge in [0, 0.05) is 7.11 Å². The van der Waals surface area contributed by atoms with Crippen molar-refractivity contribution in [3.8, 4) is 0 Å². The van der Waals surface area contributed by atoms with E-state index in [1.165, 1.54) is 15.9 Å². The Bertz CT molecular complexity index is 4730. The second-order valence-corrected chi connectivity index (χ2v) is 33.1. The number of methoxy groups -OCH3 is 1. The van der Waals surface area contributed by atoms with Crippen LogP contribution in [-0.2, 0) is 121 Å². The predicted molar refractivity (Wildman–Crippen MR) is 456 cm³/mol. The minimum Gasteiger partial charge on any atom is -0.368 e. The van der Waals surface area contributed by atoms with Gasteiger partial charge < -0.3 is 61.6 Å². The molecule has 3 fully saturated rings. The molecule has 12 aromatic rings. The number of ether oxygens (including phenoxy) is 13. The van der Waals surface area contributed by atoms with E-state index in [9.17, 15) is 0 Å². The maximum atomic E-state index is 8.12. The normalized spacial score (nSPS) is 23.6. The molecule has 0 N–H and O–H groups in total. The van der Waals surface area contributed by atoms with Crippen LogP contribution in [0.25, 0.3) is 0 Å². The van der Waals surface area contributed by atoms with Gasteiger partial charge in [-0.1, -0.05) is 352 Å². The van der Waals surface area contributed by atoms with E-state index in [2.05, 4.69) is 212 Å². The maximum Gasteiger partial charge on any atom is 0.186 e. The van der Waals surface area contributed by atoms with Gasteiger partial charge in [0.1, 0.15) is 115 Å². The highest BCUT2D eigenvalue weighted by atomic mass is 31.2. The molecule has 0 radical (unpaired) electrons. The Labute approximate surface area is 683 Å². The van der Waals surface area contributed by atoms with Crippen LogP contribution in [0.3, 0.4) is 0 Å². The number of hydrogen-bond acceptors (Lipinski definition) is 13. The monoisotopic (exact) mass is 1570 g/mol. The number of hydrogen-bond donors (Lipinski definition) is 0. The Hall–Kier alpha value is -9.97. The van der Waals surface area contributed by atoms with E-state index in [0.717, 1.165) is 50.1 Å². The highest BCUT2D eigenvalue weighted by Gasteiger charge is 2.56. The van der Waals surface area contributed by atoms with Gasteiger partial charge in [-0.25, -0.2) is 0 Å². The molecule has 14 heteroatoms. The fourth-order valence-electron chi connectivity index (χ4n) is 15.8. The Kier molecular flexibility index (Phi) is 29.6. The van der Waals surface area contributed by atoms with Gasteiger partial charge in [0.2, 0.25) is 0 Å². The van der Waals surface area contributed by atoms with Gasteiger partial charge >= 0.3 is 0 Å². The summed E-state index contributed by atoms with van der Waals surface area (Å²) >= 11 is 0. The van der Waals surface area contributed by atoms with Crippen molar-refractivity contribution < 1.29 is 61.6 Å². The first-order valence-corrected chi connectivity index (χ1v) is 42.3. The molecule has 0 aromatic heterocycles. The average molecular weight is 1570 g/mol. The summed E-state index contributed by atoms with van der Waals surface area (Å²) in [5, 5.41) is 3.61. The van der Waals surface area contributed by atoms with Crippen molar-refractivity contribution in [2.75, 3.05) is 13.3 Å². The molecule has 3 aliphatic rings. The van der Waals surface area contributed by atoms with Crippen molar-refractivity contribution >= 4 is 23.2 Å². The zero-order valence-electron chi connectivity index (χ0n) is 65.4. The van der Waals surface area contributed by atoms with E-state index in [1.807, 2.05) is 176 Å². The third-order valence-corrected chi connectivity index (χ3v) is 26.1. The van der Waals surface area contributed by atoms with Gasteiger partial charge in [-0.05, 0) is 86.5 Å². The van der Waals surface area contributed by atoms with E-state index < -0.39 is 99.0 Å². The lowest BCUT2D eigenvalue weighted by Gasteiger charge is -2.47. The summed E-state index contributed by atoms with van der Waals surface area (Å²) in [4.78, 5) is 0. The topological polar surface area (TPSA) is 120 Å². The van der Waals surface area contributed by atoms with E-state index in [1.54, 1.807) is 7.11 Å². The molecule has 0 aliphatic carbocycles. The SMILES string of the molecule is CO[C@H]1O[C@H](/C=C\[C@@H]2O[C@H](C=C[C@@H]3O[C@H](C[P+](c4ccccc4)(c4ccccc4)c4ccccc4)[C@@H](OCc4ccccc4)[C@H](OCc4ccccc4)[C@H]3OCc3ccccc3)[C@@H](OCc3ccccc3)[C@H](OCc3ccccc3)[C@H]2OCc2ccccc2)[C@@H](OCc2ccccc2)[C@H](OCc2ccccc2)[C@H]1OCc1ccccc1. The molecule has 3 saturated heterocycles. The van der Waals surface area contributed by atoms with Crippen molar-refractivity contribution in [3.63, 3.8) is 0 Å². The molecule has 0 spiro atoms. The van der Waals surface area contributed by atoms with Gasteiger partial charge in [-0.2, -0.15) is 0 Å². The molecular formula is C102H102O13P+. The lowest BCUT2D eigenvalue weighted by Crippen LogP contribution is -2.62. The van der Waals surface area contributed by atoms with Gasteiger partial charge in [0.25, 0.3) is 0 Å². The zero-order chi connectivity index (χ0) is 78.6. The van der Waals surface area contributed by atoms with Crippen LogP contribution in [0.2, 0.25) is 0 Å². The van der Waals surface area contributed by atoms with Gasteiger partial charge in [0.15, 0.2) is 6.29 Å². The highest BCUT2D eigenvalue weighted by Crippen LogP contribution is 2.57. The van der Waals surface area contributed by atoms with Crippen LogP contribution in [0.5, 0.6) is 0 Å². The molecule has 13 nitrogen and oxygen atoms in total. The molecule has 12 aromatic carbocycles. The minimum atomic E-state index is -2.69. The molecule has 3 heterocycles. The molecule has 0 bridgehead atoms. The highest BCUT2D eigenvalue weighted by molar-refractivity contribution is 7.95. The van der Waals surface area contributed by atoms with Crippen LogP contribution in [0.15, 0.2) is 388 Å². The smallest absolute Gasteiger partial charge is 0.186 e. The predicted octanol–water partition coefficient (Wildman–Crippen LogP) is 18.3. The third kappa shape index (κ3) is 21.6. The average Bonchev–Trinajstić information content (AvgIpc) is 0.739. The molecule has 0 amide bonds. The number of benzene rings is 12. The quantitative estimate of drug-likeness (QED) is 0.0272. The summed E-state index contributed by atoms with van der Waals surface area (Å²) in [7, 11) is -1.05. The Morgan fingerprint density at radius 2 is 0.405 bits per heavy atom. The molecule has 0 unspecified atom stereocenters. The van der Waals surface area contributed by atoms with Crippen LogP contribution >= 0.6 is 7.26 Å². The first-order valence-electron chi connectivity index (χ1n) is 40.3. The van der Waals surface area contributed by atoms with Gasteiger partial charge in [0.05, 0.1) is 59.5 Å². The van der Waals surface area contributed by atoms with E-state index in [4.69, 9.17) is 61.6 Å². The van der Waals surface area contributed by atoms with Crippen molar-refractivity contribution in [3.05, 3.63) is 438 Å². The first-order chi connectivity index (χ1) is 57.5. The van der Waals surface area contributed by atoms with E-state index in [0.29, 0.717) is 6.16 Å². The summed E-state index contributed by atoms with van der Waals surface area (Å²) in [6, 6.07) is 125. The molecule has 3 aliphatic heterocycles. The standard InChI is InChI=1S/C102H102O13P/c1-103-102-101(112-74-84-54-30-10-31-55-84)100(111-73-83-52-28-9-29-53-83)96(107-69-79-44-20-5-21-45-79)91(115-102)65-64-89-94(105-67-77-40-16-3-17-41-77)98(109-71-81-48-24-7-25-49-81)93(104-66-76-38-14-2-15-39-76)88(113-89)62-63-90-95(106-68-78-42-18-4-19-43-78)99(110-72-82-50-26-8-27-51-82)97(108-70-80-46-22-6-23-47-80)92(114-90)75-116(85-56-32-11-33-57-85,86-58-34-12-35-59-86)87-60-36-13-37-61-87/h2-65,88-102H,66-75H2,1H3/q+1/b63-62?,65-64-/t88-,89+,90+,91-,92-,93-,94+,95+,96-,97-,98+,99-,100+,101-,102+/m1/s1. The van der Waals surface area contributed by atoms with Crippen LogP contribution in [-0.4, -0.2) is 105 Å². The Balaban J connectivity index is 0.883. The van der Waals surface area contributed by atoms with Crippen molar-refractivity contribution in [2.45, 2.75) is 151 Å².